The van der Waals surface area contributed by atoms with Gasteiger partial charge in [-0.15, -0.1) is 0 Å². The monoisotopic (exact) mass is 454 g/mol. The molecular weight excluding hydrogens is 440 g/mol. The Balaban J connectivity index is 1.38. The van der Waals surface area contributed by atoms with Gasteiger partial charge in [-0.1, -0.05) is 33.2 Å². The average molecular weight is 455 g/mol. The molecule has 0 aliphatic heterocycles. The molecule has 0 spiro atoms. The summed E-state index contributed by atoms with van der Waals surface area (Å²) in [5.74, 6) is 0.760. The number of methoxy groups -OCH3 is 1. The fourth-order valence-electron chi connectivity index (χ4n) is 2.57. The van der Waals surface area contributed by atoms with Crippen molar-refractivity contribution < 1.29 is 18.8 Å². The summed E-state index contributed by atoms with van der Waals surface area (Å²) in [6.07, 6.45) is 0. The number of benzene rings is 2. The number of aromatic nitrogens is 4. The number of carbonyl (C=O) groups is 1. The summed E-state index contributed by atoms with van der Waals surface area (Å²) in [5.41, 5.74) is 2.50. The number of nitrogens with zero attached hydrogens (tertiary/aromatic N) is 3. The zero-order valence-corrected chi connectivity index (χ0v) is 16.8. The van der Waals surface area contributed by atoms with E-state index in [0.29, 0.717) is 11.6 Å². The van der Waals surface area contributed by atoms with E-state index in [9.17, 15) is 4.79 Å². The van der Waals surface area contributed by atoms with Crippen LogP contribution in [0.1, 0.15) is 16.3 Å². The fourth-order valence-corrected chi connectivity index (χ4v) is 2.83. The SMILES string of the molecule is COc1ccc(-c2nc(COC(=O)c3cc(-c4ccc(Br)cc4)n[nH]3)no2)cc1. The number of nitrogens with one attached hydrogen (secondary N) is 1. The Morgan fingerprint density at radius 3 is 2.55 bits per heavy atom. The average Bonchev–Trinajstić information content (AvgIpc) is 3.43. The number of hydrogen-bond acceptors (Lipinski definition) is 7. The summed E-state index contributed by atoms with van der Waals surface area (Å²) in [6.45, 7) is -0.120. The molecule has 2 aromatic heterocycles. The molecule has 4 rings (SSSR count). The lowest BCUT2D eigenvalue weighted by Crippen LogP contribution is -2.06. The summed E-state index contributed by atoms with van der Waals surface area (Å²) in [6, 6.07) is 16.4. The van der Waals surface area contributed by atoms with Crippen LogP contribution in [0.15, 0.2) is 63.6 Å². The second-order valence-corrected chi connectivity index (χ2v) is 6.91. The molecule has 8 nitrogen and oxygen atoms in total. The molecule has 0 bridgehead atoms. The van der Waals surface area contributed by atoms with Crippen LogP contribution in [0.3, 0.4) is 0 Å². The minimum atomic E-state index is -0.559. The Morgan fingerprint density at radius 2 is 1.83 bits per heavy atom. The van der Waals surface area contributed by atoms with Gasteiger partial charge in [-0.25, -0.2) is 4.79 Å². The van der Waals surface area contributed by atoms with Crippen molar-refractivity contribution in [3.63, 3.8) is 0 Å². The topological polar surface area (TPSA) is 103 Å². The largest absolute Gasteiger partial charge is 0.497 e. The first-order valence-electron chi connectivity index (χ1n) is 8.58. The van der Waals surface area contributed by atoms with E-state index in [4.69, 9.17) is 14.0 Å². The maximum atomic E-state index is 12.3. The highest BCUT2D eigenvalue weighted by Gasteiger charge is 2.15. The number of ether oxygens (including phenoxy) is 2. The molecule has 0 radical (unpaired) electrons. The van der Waals surface area contributed by atoms with Gasteiger partial charge in [0.15, 0.2) is 6.61 Å². The summed E-state index contributed by atoms with van der Waals surface area (Å²) in [7, 11) is 1.59. The first kappa shape index (κ1) is 18.9. The molecule has 0 fully saturated rings. The van der Waals surface area contributed by atoms with Crippen molar-refractivity contribution in [2.24, 2.45) is 0 Å². The van der Waals surface area contributed by atoms with Gasteiger partial charge in [-0.2, -0.15) is 10.1 Å². The lowest BCUT2D eigenvalue weighted by atomic mass is 10.1. The first-order chi connectivity index (χ1) is 14.1. The third-order valence-electron chi connectivity index (χ3n) is 4.08. The van der Waals surface area contributed by atoms with E-state index in [2.05, 4.69) is 36.3 Å². The molecule has 146 valence electrons. The van der Waals surface area contributed by atoms with E-state index in [0.717, 1.165) is 21.3 Å². The molecule has 2 heterocycles. The Bertz CT molecular complexity index is 1120. The van der Waals surface area contributed by atoms with Gasteiger partial charge >= 0.3 is 5.97 Å². The van der Waals surface area contributed by atoms with Crippen molar-refractivity contribution in [3.05, 3.63) is 70.6 Å². The minimum absolute atomic E-state index is 0.120. The van der Waals surface area contributed by atoms with Crippen LogP contribution < -0.4 is 4.74 Å². The Hall–Kier alpha value is -3.46. The van der Waals surface area contributed by atoms with Crippen molar-refractivity contribution in [3.8, 4) is 28.5 Å². The number of carbonyl (C=O) groups excluding carboxylic acids is 1. The third kappa shape index (κ3) is 4.35. The summed E-state index contributed by atoms with van der Waals surface area (Å²) >= 11 is 3.38. The van der Waals surface area contributed by atoms with Crippen LogP contribution in [-0.4, -0.2) is 33.4 Å². The molecule has 29 heavy (non-hydrogen) atoms. The quantitative estimate of drug-likeness (QED) is 0.434. The highest BCUT2D eigenvalue weighted by molar-refractivity contribution is 9.10. The summed E-state index contributed by atoms with van der Waals surface area (Å²) in [4.78, 5) is 16.5. The van der Waals surface area contributed by atoms with Gasteiger partial charge in [-0.3, -0.25) is 5.10 Å². The minimum Gasteiger partial charge on any atom is -0.497 e. The van der Waals surface area contributed by atoms with Crippen LogP contribution in [0.5, 0.6) is 5.75 Å². The van der Waals surface area contributed by atoms with Crippen molar-refractivity contribution in [1.82, 2.24) is 20.3 Å². The van der Waals surface area contributed by atoms with E-state index in [1.165, 1.54) is 0 Å². The van der Waals surface area contributed by atoms with Gasteiger partial charge in [0.05, 0.1) is 12.8 Å². The highest BCUT2D eigenvalue weighted by atomic mass is 79.9. The molecule has 0 saturated carbocycles. The van der Waals surface area contributed by atoms with Crippen molar-refractivity contribution in [1.29, 1.82) is 0 Å². The number of aromatic amines is 1. The molecule has 0 unspecified atom stereocenters. The van der Waals surface area contributed by atoms with Gasteiger partial charge < -0.3 is 14.0 Å². The maximum Gasteiger partial charge on any atom is 0.356 e. The lowest BCUT2D eigenvalue weighted by Gasteiger charge is -1.99. The molecule has 0 aliphatic rings. The molecule has 2 aromatic carbocycles. The molecule has 0 saturated heterocycles. The van der Waals surface area contributed by atoms with Gasteiger partial charge in [0.1, 0.15) is 11.4 Å². The second-order valence-electron chi connectivity index (χ2n) is 5.99. The Morgan fingerprint density at radius 1 is 1.10 bits per heavy atom. The van der Waals surface area contributed by atoms with Crippen molar-refractivity contribution >= 4 is 21.9 Å². The highest BCUT2D eigenvalue weighted by Crippen LogP contribution is 2.22. The Kier molecular flexibility index (Phi) is 5.39. The summed E-state index contributed by atoms with van der Waals surface area (Å²) < 4.78 is 16.5. The molecule has 0 amide bonds. The van der Waals surface area contributed by atoms with E-state index in [1.54, 1.807) is 37.4 Å². The molecule has 0 atom stereocenters. The van der Waals surface area contributed by atoms with Gasteiger partial charge in [-0.05, 0) is 42.5 Å². The van der Waals surface area contributed by atoms with E-state index < -0.39 is 5.97 Å². The first-order valence-corrected chi connectivity index (χ1v) is 9.37. The lowest BCUT2D eigenvalue weighted by molar-refractivity contribution is 0.0452. The van der Waals surface area contributed by atoms with Crippen LogP contribution >= 0.6 is 15.9 Å². The maximum absolute atomic E-state index is 12.3. The van der Waals surface area contributed by atoms with Crippen molar-refractivity contribution in [2.75, 3.05) is 7.11 Å². The normalized spacial score (nSPS) is 10.7. The van der Waals surface area contributed by atoms with Crippen molar-refractivity contribution in [2.45, 2.75) is 6.61 Å². The Labute approximate surface area is 174 Å². The van der Waals surface area contributed by atoms with Crippen LogP contribution in [0.4, 0.5) is 0 Å². The smallest absolute Gasteiger partial charge is 0.356 e. The van der Waals surface area contributed by atoms with Gasteiger partial charge in [0.2, 0.25) is 5.82 Å². The third-order valence-corrected chi connectivity index (χ3v) is 4.60. The zero-order chi connectivity index (χ0) is 20.2. The molecule has 9 heteroatoms. The number of halogens is 1. The number of rotatable bonds is 6. The molecule has 4 aromatic rings. The molecular formula is C20H15BrN4O4. The van der Waals surface area contributed by atoms with E-state index >= 15 is 0 Å². The zero-order valence-electron chi connectivity index (χ0n) is 15.3. The van der Waals surface area contributed by atoms with E-state index in [1.807, 2.05) is 24.3 Å². The fraction of sp³-hybridized carbons (Fsp3) is 0.100. The van der Waals surface area contributed by atoms with Crippen LogP contribution in [0, 0.1) is 0 Å². The van der Waals surface area contributed by atoms with Crippen LogP contribution in [0.25, 0.3) is 22.7 Å². The van der Waals surface area contributed by atoms with E-state index in [-0.39, 0.29) is 18.1 Å². The molecule has 1 N–H and O–H groups in total. The standard InChI is InChI=1S/C20H15BrN4O4/c1-27-15-8-4-13(5-9-15)19-22-18(25-29-19)11-28-20(26)17-10-16(23-24-17)12-2-6-14(21)7-3-12/h2-10H,11H2,1H3,(H,23,24). The predicted octanol–water partition coefficient (Wildman–Crippen LogP) is 4.25. The van der Waals surface area contributed by atoms with Crippen LogP contribution in [0.2, 0.25) is 0 Å². The molecule has 0 aliphatic carbocycles. The predicted molar refractivity (Wildman–Crippen MR) is 107 cm³/mol. The number of esters is 1. The summed E-state index contributed by atoms with van der Waals surface area (Å²) in [5, 5.41) is 10.7. The van der Waals surface area contributed by atoms with Gasteiger partial charge in [0.25, 0.3) is 5.89 Å². The van der Waals surface area contributed by atoms with Gasteiger partial charge in [0, 0.05) is 15.6 Å². The number of H-pyrrole nitrogens is 1. The number of hydrogen-bond donors (Lipinski definition) is 1. The second kappa shape index (κ2) is 8.27. The van der Waals surface area contributed by atoms with Crippen LogP contribution in [-0.2, 0) is 11.3 Å².